The van der Waals surface area contributed by atoms with Crippen molar-refractivity contribution >= 4 is 5.78 Å². The highest BCUT2D eigenvalue weighted by atomic mass is 16.3. The molecule has 2 aliphatic carbocycles. The van der Waals surface area contributed by atoms with Crippen LogP contribution in [0.5, 0.6) is 5.75 Å². The third-order valence-electron chi connectivity index (χ3n) is 5.00. The highest BCUT2D eigenvalue weighted by Crippen LogP contribution is 2.51. The summed E-state index contributed by atoms with van der Waals surface area (Å²) in [6.45, 7) is 3.92. The van der Waals surface area contributed by atoms with Crippen molar-refractivity contribution in [2.24, 2.45) is 5.92 Å². The number of allylic oxidation sites excluding steroid dienone is 1. The second kappa shape index (κ2) is 4.52. The third-order valence-corrected chi connectivity index (χ3v) is 5.00. The summed E-state index contributed by atoms with van der Waals surface area (Å²) < 4.78 is 0. The molecule has 0 spiro atoms. The molecule has 3 rings (SSSR count). The van der Waals surface area contributed by atoms with Crippen LogP contribution < -0.4 is 0 Å². The summed E-state index contributed by atoms with van der Waals surface area (Å²) in [6.07, 6.45) is 7.28. The number of phenols is 1. The normalized spacial score (nSPS) is 29.5. The molecule has 2 aliphatic rings. The number of Topliss-reactive ketones (excluding diaryl/α,β-unsaturated/α-hetero) is 1. The number of rotatable bonds is 2. The quantitative estimate of drug-likeness (QED) is 0.822. The number of phenolic OH excluding ortho intramolecular Hbond substituents is 1. The third kappa shape index (κ3) is 1.90. The highest BCUT2D eigenvalue weighted by molar-refractivity contribution is 5.80. The minimum absolute atomic E-state index is 0.0803. The Morgan fingerprint density at radius 3 is 3.05 bits per heavy atom. The number of carbonyl (C=O) groups is 1. The molecule has 0 heterocycles. The Morgan fingerprint density at radius 2 is 2.26 bits per heavy atom. The van der Waals surface area contributed by atoms with Crippen molar-refractivity contribution in [2.45, 2.75) is 43.9 Å². The molecule has 2 heteroatoms. The molecule has 1 fully saturated rings. The molecule has 0 aromatic heterocycles. The van der Waals surface area contributed by atoms with Gasteiger partial charge in [0, 0.05) is 18.3 Å². The number of carbonyl (C=O) groups excluding carboxylic acids is 1. The van der Waals surface area contributed by atoms with Crippen molar-refractivity contribution in [1.29, 1.82) is 0 Å². The van der Waals surface area contributed by atoms with E-state index in [1.807, 2.05) is 12.1 Å². The average Bonchev–Trinajstić information content (AvgIpc) is 2.39. The molecule has 0 radical (unpaired) electrons. The fraction of sp³-hybridized carbons (Fsp3) is 0.471. The standard InChI is InChI=1S/C17H20O2/c1-2-8-17-9-7-15(19)11-13(17)4-3-12-10-14(18)5-6-16(12)17/h2,5-6,10,13,18H,1,3-4,7-9,11H2/t13-,17+/m1/s1. The Bertz CT molecular complexity index is 532. The van der Waals surface area contributed by atoms with Crippen molar-refractivity contribution in [2.75, 3.05) is 0 Å². The van der Waals surface area contributed by atoms with Crippen LogP contribution in [-0.2, 0) is 16.6 Å². The molecule has 1 aromatic rings. The fourth-order valence-corrected chi connectivity index (χ4v) is 4.11. The van der Waals surface area contributed by atoms with Gasteiger partial charge in [-0.2, -0.15) is 0 Å². The fourth-order valence-electron chi connectivity index (χ4n) is 4.11. The van der Waals surface area contributed by atoms with E-state index in [0.29, 0.717) is 30.3 Å². The van der Waals surface area contributed by atoms with Gasteiger partial charge in [0.2, 0.25) is 0 Å². The van der Waals surface area contributed by atoms with Crippen LogP contribution in [0.15, 0.2) is 30.9 Å². The highest BCUT2D eigenvalue weighted by Gasteiger charge is 2.46. The van der Waals surface area contributed by atoms with Gasteiger partial charge in [-0.05, 0) is 54.9 Å². The van der Waals surface area contributed by atoms with Crippen LogP contribution in [0.4, 0.5) is 0 Å². The van der Waals surface area contributed by atoms with Gasteiger partial charge in [-0.15, -0.1) is 6.58 Å². The summed E-state index contributed by atoms with van der Waals surface area (Å²) in [7, 11) is 0. The van der Waals surface area contributed by atoms with Gasteiger partial charge in [-0.1, -0.05) is 12.1 Å². The topological polar surface area (TPSA) is 37.3 Å². The zero-order valence-corrected chi connectivity index (χ0v) is 11.2. The maximum Gasteiger partial charge on any atom is 0.133 e. The van der Waals surface area contributed by atoms with Crippen LogP contribution >= 0.6 is 0 Å². The first-order chi connectivity index (χ1) is 9.15. The second-order valence-corrected chi connectivity index (χ2v) is 5.97. The van der Waals surface area contributed by atoms with E-state index in [1.54, 1.807) is 6.07 Å². The van der Waals surface area contributed by atoms with Crippen LogP contribution in [0.3, 0.4) is 0 Å². The Labute approximate surface area is 114 Å². The monoisotopic (exact) mass is 256 g/mol. The number of hydrogen-bond donors (Lipinski definition) is 1. The van der Waals surface area contributed by atoms with Gasteiger partial charge >= 0.3 is 0 Å². The van der Waals surface area contributed by atoms with Gasteiger partial charge in [-0.3, -0.25) is 4.79 Å². The van der Waals surface area contributed by atoms with Crippen LogP contribution in [-0.4, -0.2) is 10.9 Å². The van der Waals surface area contributed by atoms with Crippen molar-refractivity contribution in [1.82, 2.24) is 0 Å². The van der Waals surface area contributed by atoms with E-state index in [1.165, 1.54) is 11.1 Å². The van der Waals surface area contributed by atoms with Crippen LogP contribution in [0.1, 0.15) is 43.2 Å². The lowest BCUT2D eigenvalue weighted by molar-refractivity contribution is -0.123. The van der Waals surface area contributed by atoms with Crippen molar-refractivity contribution in [3.63, 3.8) is 0 Å². The molecule has 0 unspecified atom stereocenters. The van der Waals surface area contributed by atoms with Crippen molar-refractivity contribution in [3.05, 3.63) is 42.0 Å². The number of hydrogen-bond acceptors (Lipinski definition) is 2. The second-order valence-electron chi connectivity index (χ2n) is 5.97. The molecule has 0 amide bonds. The lowest BCUT2D eigenvalue weighted by Gasteiger charge is -2.48. The molecule has 2 atom stereocenters. The van der Waals surface area contributed by atoms with Gasteiger partial charge in [0.15, 0.2) is 0 Å². The van der Waals surface area contributed by atoms with Crippen molar-refractivity contribution < 1.29 is 9.90 Å². The lowest BCUT2D eigenvalue weighted by atomic mass is 9.55. The predicted octanol–water partition coefficient (Wildman–Crippen LogP) is 3.52. The maximum absolute atomic E-state index is 11.8. The van der Waals surface area contributed by atoms with Gasteiger partial charge in [0.25, 0.3) is 0 Å². The van der Waals surface area contributed by atoms with Crippen LogP contribution in [0, 0.1) is 5.92 Å². The molecular formula is C17H20O2. The molecule has 100 valence electrons. The van der Waals surface area contributed by atoms with Crippen LogP contribution in [0.25, 0.3) is 0 Å². The lowest BCUT2D eigenvalue weighted by Crippen LogP contribution is -2.43. The zero-order valence-electron chi connectivity index (χ0n) is 11.2. The summed E-state index contributed by atoms with van der Waals surface area (Å²) in [6, 6.07) is 5.74. The van der Waals surface area contributed by atoms with Gasteiger partial charge in [0.1, 0.15) is 11.5 Å². The minimum Gasteiger partial charge on any atom is -0.508 e. The Kier molecular flexibility index (Phi) is 2.96. The molecule has 0 saturated heterocycles. The summed E-state index contributed by atoms with van der Waals surface area (Å²) in [4.78, 5) is 11.8. The zero-order chi connectivity index (χ0) is 13.5. The van der Waals surface area contributed by atoms with E-state index in [0.717, 1.165) is 25.7 Å². The first-order valence-electron chi connectivity index (χ1n) is 7.11. The molecule has 1 aromatic carbocycles. The number of benzene rings is 1. The first-order valence-corrected chi connectivity index (χ1v) is 7.11. The number of ketones is 1. The van der Waals surface area contributed by atoms with Gasteiger partial charge < -0.3 is 5.11 Å². The van der Waals surface area contributed by atoms with E-state index in [2.05, 4.69) is 12.6 Å². The molecule has 1 saturated carbocycles. The van der Waals surface area contributed by atoms with E-state index in [4.69, 9.17) is 0 Å². The molecule has 1 N–H and O–H groups in total. The molecule has 0 bridgehead atoms. The first kappa shape index (κ1) is 12.5. The average molecular weight is 256 g/mol. The number of aromatic hydroxyl groups is 1. The van der Waals surface area contributed by atoms with Gasteiger partial charge in [0.05, 0.1) is 0 Å². The van der Waals surface area contributed by atoms with E-state index < -0.39 is 0 Å². The van der Waals surface area contributed by atoms with E-state index in [9.17, 15) is 9.90 Å². The van der Waals surface area contributed by atoms with E-state index in [-0.39, 0.29) is 5.41 Å². The molecule has 19 heavy (non-hydrogen) atoms. The van der Waals surface area contributed by atoms with Crippen molar-refractivity contribution in [3.8, 4) is 5.75 Å². The predicted molar refractivity (Wildman–Crippen MR) is 75.3 cm³/mol. The van der Waals surface area contributed by atoms with Gasteiger partial charge in [-0.25, -0.2) is 0 Å². The summed E-state index contributed by atoms with van der Waals surface area (Å²) in [5, 5.41) is 9.67. The maximum atomic E-state index is 11.8. The summed E-state index contributed by atoms with van der Waals surface area (Å²) in [5.41, 5.74) is 2.68. The summed E-state index contributed by atoms with van der Waals surface area (Å²) in [5.74, 6) is 1.20. The summed E-state index contributed by atoms with van der Waals surface area (Å²) >= 11 is 0. The molecular weight excluding hydrogens is 236 g/mol. The largest absolute Gasteiger partial charge is 0.508 e. The number of aryl methyl sites for hydroxylation is 1. The Balaban J connectivity index is 2.11. The van der Waals surface area contributed by atoms with E-state index >= 15 is 0 Å². The SMILES string of the molecule is C=CC[C@]12CCC(=O)C[C@H]1CCc1cc(O)ccc12. The molecule has 0 aliphatic heterocycles. The molecule has 2 nitrogen and oxygen atoms in total. The smallest absolute Gasteiger partial charge is 0.133 e. The Morgan fingerprint density at radius 1 is 1.42 bits per heavy atom. The number of fused-ring (bicyclic) bond motifs is 3. The van der Waals surface area contributed by atoms with Crippen LogP contribution in [0.2, 0.25) is 0 Å². The Hall–Kier alpha value is -1.57. The minimum atomic E-state index is 0.0803.